The molecule has 12 heteroatoms. The molecule has 1 heterocycles. The number of benzene rings is 1. The lowest BCUT2D eigenvalue weighted by Gasteiger charge is -2.15. The second-order valence-electron chi connectivity index (χ2n) is 7.98. The summed E-state index contributed by atoms with van der Waals surface area (Å²) in [4.78, 5) is 27.7. The highest BCUT2D eigenvalue weighted by Crippen LogP contribution is 2.30. The number of aliphatic carboxylic acids is 1. The van der Waals surface area contributed by atoms with Gasteiger partial charge in [-0.1, -0.05) is 17.3 Å². The van der Waals surface area contributed by atoms with Crippen LogP contribution in [0.15, 0.2) is 41.7 Å². The largest absolute Gasteiger partial charge is 0.494 e. The van der Waals surface area contributed by atoms with E-state index in [1.165, 1.54) is 31.5 Å². The number of halogens is 3. The van der Waals surface area contributed by atoms with Crippen molar-refractivity contribution in [2.45, 2.75) is 38.1 Å². The van der Waals surface area contributed by atoms with Gasteiger partial charge in [0.1, 0.15) is 17.2 Å². The topological polar surface area (TPSA) is 130 Å². The molecule has 2 atom stereocenters. The van der Waals surface area contributed by atoms with Crippen LogP contribution in [0.3, 0.4) is 0 Å². The van der Waals surface area contributed by atoms with E-state index in [0.717, 1.165) is 12.1 Å². The molecular weight excluding hydrogens is 471 g/mol. The molecule has 2 unspecified atom stereocenters. The summed E-state index contributed by atoms with van der Waals surface area (Å²) in [6, 6.07) is 5.90. The van der Waals surface area contributed by atoms with Crippen LogP contribution in [0.2, 0.25) is 0 Å². The number of nitrogens with one attached hydrogen (secondary N) is 1. The van der Waals surface area contributed by atoms with Crippen LogP contribution in [-0.2, 0) is 22.3 Å². The lowest BCUT2D eigenvalue weighted by Crippen LogP contribution is -2.25. The Labute approximate surface area is 198 Å². The zero-order valence-corrected chi connectivity index (χ0v) is 18.7. The Balaban J connectivity index is 1.69. The van der Waals surface area contributed by atoms with E-state index in [1.54, 1.807) is 0 Å². The summed E-state index contributed by atoms with van der Waals surface area (Å²) < 4.78 is 49.6. The minimum atomic E-state index is -4.50. The quantitative estimate of drug-likeness (QED) is 0.276. The summed E-state index contributed by atoms with van der Waals surface area (Å²) in [5.41, 5.74) is -0.392. The molecule has 1 aromatic heterocycles. The maximum atomic E-state index is 12.9. The number of carbonyl (C=O) groups is 2. The van der Waals surface area contributed by atoms with E-state index in [1.807, 2.05) is 0 Å². The molecule has 1 aliphatic carbocycles. The van der Waals surface area contributed by atoms with Gasteiger partial charge in [0.2, 0.25) is 0 Å². The first-order valence-corrected chi connectivity index (χ1v) is 10.7. The lowest BCUT2D eigenvalue weighted by atomic mass is 10.1. The third-order valence-corrected chi connectivity index (χ3v) is 5.65. The van der Waals surface area contributed by atoms with Crippen molar-refractivity contribution in [3.8, 4) is 5.75 Å². The monoisotopic (exact) mass is 495 g/mol. The number of carboxylic acids is 1. The number of hydrogen-bond acceptors (Lipinski definition) is 7. The summed E-state index contributed by atoms with van der Waals surface area (Å²) in [6.07, 6.45) is -2.20. The van der Waals surface area contributed by atoms with Crippen LogP contribution in [0.1, 0.15) is 46.4 Å². The number of ether oxygens (including phenoxy) is 2. The van der Waals surface area contributed by atoms with E-state index in [2.05, 4.69) is 15.5 Å². The second kappa shape index (κ2) is 11.2. The number of carboxylic acid groups (broad SMARTS) is 1. The van der Waals surface area contributed by atoms with E-state index < -0.39 is 29.5 Å². The van der Waals surface area contributed by atoms with Gasteiger partial charge in [-0.3, -0.25) is 9.59 Å². The molecule has 2 aromatic rings. The molecule has 0 radical (unpaired) electrons. The first kappa shape index (κ1) is 25.9. The Bertz CT molecular complexity index is 1110. The number of pyridine rings is 1. The molecule has 0 spiro atoms. The fraction of sp³-hybridized carbons (Fsp3) is 0.391. The predicted molar refractivity (Wildman–Crippen MR) is 116 cm³/mol. The highest BCUT2D eigenvalue weighted by atomic mass is 19.4. The van der Waals surface area contributed by atoms with E-state index in [0.29, 0.717) is 19.3 Å². The number of rotatable bonds is 9. The zero-order valence-electron chi connectivity index (χ0n) is 18.7. The first-order chi connectivity index (χ1) is 16.6. The number of nitrogens with zero attached hydrogens (tertiary/aromatic N) is 2. The van der Waals surface area contributed by atoms with Crippen molar-refractivity contribution in [1.82, 2.24) is 10.3 Å². The number of hydrogen-bond donors (Lipinski definition) is 3. The Morgan fingerprint density at radius 2 is 2.03 bits per heavy atom. The molecule has 9 nitrogen and oxygen atoms in total. The average Bonchev–Trinajstić information content (AvgIpc) is 3.32. The van der Waals surface area contributed by atoms with E-state index in [-0.39, 0.29) is 47.5 Å². The van der Waals surface area contributed by atoms with Crippen molar-refractivity contribution in [3.63, 3.8) is 0 Å². The lowest BCUT2D eigenvalue weighted by molar-refractivity contribution is -0.141. The Kier molecular flexibility index (Phi) is 8.28. The minimum absolute atomic E-state index is 0.0370. The van der Waals surface area contributed by atoms with Gasteiger partial charge in [0.25, 0.3) is 5.91 Å². The molecule has 3 N–H and O–H groups in total. The highest BCUT2D eigenvalue weighted by molar-refractivity contribution is 6.05. The zero-order chi connectivity index (χ0) is 25.6. The van der Waals surface area contributed by atoms with Gasteiger partial charge in [0, 0.05) is 12.1 Å². The third-order valence-electron chi connectivity index (χ3n) is 5.65. The summed E-state index contributed by atoms with van der Waals surface area (Å²) in [6.45, 7) is -0.332. The van der Waals surface area contributed by atoms with Crippen molar-refractivity contribution in [2.75, 3.05) is 13.7 Å². The summed E-state index contributed by atoms with van der Waals surface area (Å²) >= 11 is 0. The molecule has 3 rings (SSSR count). The first-order valence-electron chi connectivity index (χ1n) is 10.7. The van der Waals surface area contributed by atoms with Gasteiger partial charge < -0.3 is 25.1 Å². The predicted octanol–water partition coefficient (Wildman–Crippen LogP) is 3.49. The fourth-order valence-electron chi connectivity index (χ4n) is 3.76. The molecule has 1 saturated carbocycles. The Hall–Kier alpha value is -3.67. The van der Waals surface area contributed by atoms with Gasteiger partial charge in [0.05, 0.1) is 37.5 Å². The van der Waals surface area contributed by atoms with Gasteiger partial charge in [-0.15, -0.1) is 0 Å². The van der Waals surface area contributed by atoms with E-state index in [9.17, 15) is 28.0 Å². The van der Waals surface area contributed by atoms with Gasteiger partial charge in [-0.25, -0.2) is 4.98 Å². The molecule has 188 valence electrons. The molecule has 0 bridgehead atoms. The van der Waals surface area contributed by atoms with Crippen molar-refractivity contribution >= 4 is 17.6 Å². The standard InChI is InChI=1S/C23H24F3N3O6/c1-34-20-11-27-18(21(30)28-10-13-3-2-4-15(7-13)23(24,25)26)9-17(20)19(29-33)12-35-16-6-5-14(8-16)22(31)32/h2-4,7,9,11,14,16,33H,5-6,8,10,12H2,1H3,(H,28,30)(H,31,32)/b29-19-. The Morgan fingerprint density at radius 1 is 1.26 bits per heavy atom. The number of oxime groups is 1. The van der Waals surface area contributed by atoms with Crippen LogP contribution in [0, 0.1) is 5.92 Å². The van der Waals surface area contributed by atoms with Crippen molar-refractivity contribution in [3.05, 3.63) is 58.9 Å². The highest BCUT2D eigenvalue weighted by Gasteiger charge is 2.31. The third kappa shape index (κ3) is 6.69. The SMILES string of the molecule is COc1cnc(C(=O)NCc2cccc(C(F)(F)F)c2)cc1/C(COC1CCC(C(=O)O)C1)=N\O. The fourth-order valence-corrected chi connectivity index (χ4v) is 3.76. The van der Waals surface area contributed by atoms with E-state index >= 15 is 0 Å². The molecule has 0 saturated heterocycles. The van der Waals surface area contributed by atoms with Crippen molar-refractivity contribution in [2.24, 2.45) is 11.1 Å². The maximum Gasteiger partial charge on any atom is 0.416 e. The summed E-state index contributed by atoms with van der Waals surface area (Å²) in [7, 11) is 1.36. The van der Waals surface area contributed by atoms with Crippen LogP contribution < -0.4 is 10.1 Å². The van der Waals surface area contributed by atoms with Crippen LogP contribution >= 0.6 is 0 Å². The van der Waals surface area contributed by atoms with Gasteiger partial charge in [-0.2, -0.15) is 13.2 Å². The minimum Gasteiger partial charge on any atom is -0.494 e. The van der Waals surface area contributed by atoms with Crippen molar-refractivity contribution < 1.29 is 42.5 Å². The average molecular weight is 495 g/mol. The summed E-state index contributed by atoms with van der Waals surface area (Å²) in [5.74, 6) is -1.84. The summed E-state index contributed by atoms with van der Waals surface area (Å²) in [5, 5.41) is 24.4. The van der Waals surface area contributed by atoms with Gasteiger partial charge >= 0.3 is 12.1 Å². The van der Waals surface area contributed by atoms with Crippen LogP contribution in [0.5, 0.6) is 5.75 Å². The smallest absolute Gasteiger partial charge is 0.416 e. The molecule has 1 aliphatic rings. The molecule has 35 heavy (non-hydrogen) atoms. The number of aromatic nitrogens is 1. The van der Waals surface area contributed by atoms with E-state index in [4.69, 9.17) is 14.6 Å². The van der Waals surface area contributed by atoms with Crippen LogP contribution in [-0.4, -0.2) is 52.7 Å². The number of alkyl halides is 3. The second-order valence-corrected chi connectivity index (χ2v) is 7.98. The van der Waals surface area contributed by atoms with Gasteiger partial charge in [-0.05, 0) is 43.0 Å². The molecule has 0 aliphatic heterocycles. The van der Waals surface area contributed by atoms with Crippen LogP contribution in [0.25, 0.3) is 0 Å². The number of carbonyl (C=O) groups excluding carboxylic acids is 1. The molecular formula is C23H24F3N3O6. The Morgan fingerprint density at radius 3 is 2.66 bits per heavy atom. The number of amides is 1. The van der Waals surface area contributed by atoms with Crippen LogP contribution in [0.4, 0.5) is 13.2 Å². The van der Waals surface area contributed by atoms with Gasteiger partial charge in [0.15, 0.2) is 0 Å². The normalized spacial score (nSPS) is 18.3. The molecule has 1 aromatic carbocycles. The molecule has 1 amide bonds. The maximum absolute atomic E-state index is 12.9. The molecule has 1 fully saturated rings. The van der Waals surface area contributed by atoms with Crippen molar-refractivity contribution in [1.29, 1.82) is 0 Å². The number of methoxy groups -OCH3 is 1.